The highest BCUT2D eigenvalue weighted by atomic mass is 14.2. The Hall–Kier alpha value is -0.780. The van der Waals surface area contributed by atoms with Crippen molar-refractivity contribution in [3.05, 3.63) is 37.5 Å². The Bertz CT molecular complexity index is 176. The van der Waals surface area contributed by atoms with Crippen molar-refractivity contribution in [2.45, 2.75) is 46.0 Å². The van der Waals surface area contributed by atoms with Gasteiger partial charge in [0.05, 0.1) is 0 Å². The quantitative estimate of drug-likeness (QED) is 0.379. The summed E-state index contributed by atoms with van der Waals surface area (Å²) < 4.78 is 0. The van der Waals surface area contributed by atoms with Gasteiger partial charge >= 0.3 is 0 Å². The van der Waals surface area contributed by atoms with Crippen LogP contribution in [-0.2, 0) is 0 Å². The summed E-state index contributed by atoms with van der Waals surface area (Å²) in [6.45, 7) is 12.1. The van der Waals surface area contributed by atoms with Gasteiger partial charge < -0.3 is 0 Å². The molecule has 14 heavy (non-hydrogen) atoms. The average Bonchev–Trinajstić information content (AvgIpc) is 2.13. The third-order valence-corrected chi connectivity index (χ3v) is 2.47. The molecule has 0 heterocycles. The van der Waals surface area contributed by atoms with E-state index in [1.807, 2.05) is 12.2 Å². The van der Waals surface area contributed by atoms with Crippen LogP contribution in [0.25, 0.3) is 0 Å². The van der Waals surface area contributed by atoms with Crippen molar-refractivity contribution in [1.29, 1.82) is 0 Å². The molecule has 0 saturated carbocycles. The fourth-order valence-corrected chi connectivity index (χ4v) is 1.57. The zero-order valence-electron chi connectivity index (χ0n) is 9.76. The van der Waals surface area contributed by atoms with Crippen molar-refractivity contribution in [2.75, 3.05) is 0 Å². The molecular weight excluding hydrogens is 168 g/mol. The predicted octanol–water partition coefficient (Wildman–Crippen LogP) is 4.89. The van der Waals surface area contributed by atoms with Crippen LogP contribution in [-0.4, -0.2) is 0 Å². The first-order valence-electron chi connectivity index (χ1n) is 5.58. The molecule has 0 aliphatic carbocycles. The van der Waals surface area contributed by atoms with Gasteiger partial charge in [-0.1, -0.05) is 51.0 Å². The van der Waals surface area contributed by atoms with Crippen LogP contribution in [0.3, 0.4) is 0 Å². The standard InChI is InChI=1S/C14H24/c1-5-8-9-10-13-14(4,11-6-2)12-7-3/h6-7,10,13H,2-3,5,8-9,11-12H2,1,4H3. The zero-order chi connectivity index (χ0) is 10.9. The molecule has 0 atom stereocenters. The Kier molecular flexibility index (Phi) is 7.18. The minimum Gasteiger partial charge on any atom is -0.103 e. The van der Waals surface area contributed by atoms with Crippen molar-refractivity contribution in [3.8, 4) is 0 Å². The van der Waals surface area contributed by atoms with Crippen molar-refractivity contribution in [2.24, 2.45) is 5.41 Å². The van der Waals surface area contributed by atoms with E-state index in [2.05, 4.69) is 39.2 Å². The molecule has 0 aliphatic rings. The van der Waals surface area contributed by atoms with Gasteiger partial charge in [-0.05, 0) is 24.7 Å². The van der Waals surface area contributed by atoms with Crippen molar-refractivity contribution in [1.82, 2.24) is 0 Å². The fourth-order valence-electron chi connectivity index (χ4n) is 1.57. The van der Waals surface area contributed by atoms with E-state index < -0.39 is 0 Å². The smallest absolute Gasteiger partial charge is 0.00778 e. The van der Waals surface area contributed by atoms with E-state index >= 15 is 0 Å². The van der Waals surface area contributed by atoms with Gasteiger partial charge in [-0.15, -0.1) is 13.2 Å². The lowest BCUT2D eigenvalue weighted by Crippen LogP contribution is -2.10. The van der Waals surface area contributed by atoms with E-state index in [4.69, 9.17) is 0 Å². The lowest BCUT2D eigenvalue weighted by atomic mass is 9.83. The van der Waals surface area contributed by atoms with Gasteiger partial charge in [0, 0.05) is 0 Å². The molecule has 0 fully saturated rings. The van der Waals surface area contributed by atoms with E-state index in [1.165, 1.54) is 19.3 Å². The molecule has 0 aromatic carbocycles. The lowest BCUT2D eigenvalue weighted by molar-refractivity contribution is 0.439. The molecule has 0 N–H and O–H groups in total. The van der Waals surface area contributed by atoms with Crippen LogP contribution in [0.1, 0.15) is 46.0 Å². The monoisotopic (exact) mass is 192 g/mol. The van der Waals surface area contributed by atoms with E-state index in [-0.39, 0.29) is 5.41 Å². The largest absolute Gasteiger partial charge is 0.103 e. The Morgan fingerprint density at radius 2 is 1.71 bits per heavy atom. The van der Waals surface area contributed by atoms with Gasteiger partial charge in [-0.3, -0.25) is 0 Å². The number of unbranched alkanes of at least 4 members (excludes halogenated alkanes) is 2. The third kappa shape index (κ3) is 5.80. The fraction of sp³-hybridized carbons (Fsp3) is 0.571. The summed E-state index contributed by atoms with van der Waals surface area (Å²) in [5.74, 6) is 0. The van der Waals surface area contributed by atoms with Crippen LogP contribution in [0.2, 0.25) is 0 Å². The first-order valence-corrected chi connectivity index (χ1v) is 5.58. The van der Waals surface area contributed by atoms with Crippen molar-refractivity contribution in [3.63, 3.8) is 0 Å². The maximum atomic E-state index is 3.80. The Morgan fingerprint density at radius 1 is 1.14 bits per heavy atom. The topological polar surface area (TPSA) is 0 Å². The number of allylic oxidation sites excluding steroid dienone is 4. The van der Waals surface area contributed by atoms with Crippen LogP contribution in [0.4, 0.5) is 0 Å². The predicted molar refractivity (Wildman–Crippen MR) is 66.4 cm³/mol. The maximum Gasteiger partial charge on any atom is -0.00778 e. The Balaban J connectivity index is 4.12. The molecule has 0 unspecified atom stereocenters. The van der Waals surface area contributed by atoms with Gasteiger partial charge in [0.1, 0.15) is 0 Å². The maximum absolute atomic E-state index is 3.80. The molecule has 0 spiro atoms. The molecular formula is C14H24. The molecule has 0 bridgehead atoms. The molecule has 0 aromatic heterocycles. The van der Waals surface area contributed by atoms with Gasteiger partial charge in [-0.2, -0.15) is 0 Å². The zero-order valence-corrected chi connectivity index (χ0v) is 9.76. The lowest BCUT2D eigenvalue weighted by Gasteiger charge is -2.22. The highest BCUT2D eigenvalue weighted by Crippen LogP contribution is 2.28. The van der Waals surface area contributed by atoms with Crippen LogP contribution < -0.4 is 0 Å². The van der Waals surface area contributed by atoms with Gasteiger partial charge in [0.2, 0.25) is 0 Å². The van der Waals surface area contributed by atoms with E-state index in [0.717, 1.165) is 12.8 Å². The molecule has 0 nitrogen and oxygen atoms in total. The normalized spacial score (nSPS) is 11.9. The summed E-state index contributed by atoms with van der Waals surface area (Å²) in [4.78, 5) is 0. The van der Waals surface area contributed by atoms with Crippen molar-refractivity contribution >= 4 is 0 Å². The summed E-state index contributed by atoms with van der Waals surface area (Å²) in [6.07, 6.45) is 14.4. The minimum atomic E-state index is 0.233. The highest BCUT2D eigenvalue weighted by Gasteiger charge is 2.16. The second-order valence-electron chi connectivity index (χ2n) is 4.18. The molecule has 0 heteroatoms. The molecule has 80 valence electrons. The summed E-state index contributed by atoms with van der Waals surface area (Å²) >= 11 is 0. The van der Waals surface area contributed by atoms with E-state index in [0.29, 0.717) is 0 Å². The van der Waals surface area contributed by atoms with Crippen LogP contribution in [0.5, 0.6) is 0 Å². The SMILES string of the molecule is C=CCC(C)(C=CCCCC)CC=C. The first kappa shape index (κ1) is 13.2. The first-order chi connectivity index (χ1) is 6.68. The summed E-state index contributed by atoms with van der Waals surface area (Å²) in [5.41, 5.74) is 0.233. The van der Waals surface area contributed by atoms with Crippen molar-refractivity contribution < 1.29 is 0 Å². The second-order valence-corrected chi connectivity index (χ2v) is 4.18. The number of hydrogen-bond acceptors (Lipinski definition) is 0. The van der Waals surface area contributed by atoms with E-state index in [1.54, 1.807) is 0 Å². The highest BCUT2D eigenvalue weighted by molar-refractivity contribution is 5.03. The summed E-state index contributed by atoms with van der Waals surface area (Å²) in [5, 5.41) is 0. The van der Waals surface area contributed by atoms with Crippen LogP contribution >= 0.6 is 0 Å². The molecule has 0 amide bonds. The Labute approximate surface area is 89.4 Å². The Morgan fingerprint density at radius 3 is 2.14 bits per heavy atom. The second kappa shape index (κ2) is 7.61. The molecule has 0 radical (unpaired) electrons. The summed E-state index contributed by atoms with van der Waals surface area (Å²) in [7, 11) is 0. The minimum absolute atomic E-state index is 0.233. The van der Waals surface area contributed by atoms with Gasteiger partial charge in [-0.25, -0.2) is 0 Å². The van der Waals surface area contributed by atoms with E-state index in [9.17, 15) is 0 Å². The molecule has 0 saturated heterocycles. The van der Waals surface area contributed by atoms with Crippen LogP contribution in [0, 0.1) is 5.41 Å². The third-order valence-electron chi connectivity index (χ3n) is 2.47. The number of hydrogen-bond donors (Lipinski definition) is 0. The van der Waals surface area contributed by atoms with Gasteiger partial charge in [0.15, 0.2) is 0 Å². The molecule has 0 aliphatic heterocycles. The van der Waals surface area contributed by atoms with Crippen LogP contribution in [0.15, 0.2) is 37.5 Å². The molecule has 0 aromatic rings. The van der Waals surface area contributed by atoms with Gasteiger partial charge in [0.25, 0.3) is 0 Å². The summed E-state index contributed by atoms with van der Waals surface area (Å²) in [6, 6.07) is 0. The number of rotatable bonds is 8. The molecule has 0 rings (SSSR count). The average molecular weight is 192 g/mol.